The highest BCUT2D eigenvalue weighted by Gasteiger charge is 2.44. The molecule has 2 heteroatoms. The van der Waals surface area contributed by atoms with Crippen LogP contribution in [0.4, 0.5) is 0 Å². The lowest BCUT2D eigenvalue weighted by Gasteiger charge is -2.35. The minimum absolute atomic E-state index is 0.292. The van der Waals surface area contributed by atoms with Crippen molar-refractivity contribution < 1.29 is 4.74 Å². The van der Waals surface area contributed by atoms with E-state index in [1.54, 1.807) is 0 Å². The zero-order valence-corrected chi connectivity index (χ0v) is 11.9. The Kier molecular flexibility index (Phi) is 3.44. The molecule has 0 aromatic carbocycles. The van der Waals surface area contributed by atoms with Gasteiger partial charge in [-0.1, -0.05) is 26.2 Å². The lowest BCUT2D eigenvalue weighted by Crippen LogP contribution is -2.33. The summed E-state index contributed by atoms with van der Waals surface area (Å²) in [4.78, 5) is 0. The first kappa shape index (κ1) is 12.9. The minimum Gasteiger partial charge on any atom is -0.372 e. The van der Waals surface area contributed by atoms with Crippen molar-refractivity contribution >= 4 is 0 Å². The molecule has 1 heterocycles. The van der Waals surface area contributed by atoms with Crippen LogP contribution < -0.4 is 5.73 Å². The van der Waals surface area contributed by atoms with E-state index in [-0.39, 0.29) is 0 Å². The van der Waals surface area contributed by atoms with E-state index in [9.17, 15) is 0 Å². The number of hydrogen-bond donors (Lipinski definition) is 1. The molecule has 2 N–H and O–H groups in total. The first-order valence-electron chi connectivity index (χ1n) is 8.03. The van der Waals surface area contributed by atoms with Crippen LogP contribution >= 0.6 is 0 Å². The topological polar surface area (TPSA) is 35.2 Å². The van der Waals surface area contributed by atoms with Crippen LogP contribution in [0.2, 0.25) is 0 Å². The summed E-state index contributed by atoms with van der Waals surface area (Å²) in [5, 5.41) is 0. The summed E-state index contributed by atoms with van der Waals surface area (Å²) in [5.41, 5.74) is 6.83. The predicted octanol–water partition coefficient (Wildman–Crippen LogP) is 3.78. The molecule has 0 radical (unpaired) electrons. The van der Waals surface area contributed by atoms with Gasteiger partial charge in [-0.15, -0.1) is 0 Å². The Morgan fingerprint density at radius 3 is 2.50 bits per heavy atom. The summed E-state index contributed by atoms with van der Waals surface area (Å²) >= 11 is 0. The highest BCUT2D eigenvalue weighted by atomic mass is 16.5. The third-order valence-corrected chi connectivity index (χ3v) is 5.70. The maximum atomic E-state index is 6.51. The normalized spacial score (nSPS) is 43.7. The molecule has 0 amide bonds. The molecule has 2 nitrogen and oxygen atoms in total. The van der Waals surface area contributed by atoms with E-state index in [0.717, 1.165) is 0 Å². The van der Waals surface area contributed by atoms with Gasteiger partial charge >= 0.3 is 0 Å². The molecule has 3 atom stereocenters. The lowest BCUT2D eigenvalue weighted by molar-refractivity contribution is -0.0754. The molecule has 0 aromatic rings. The average Bonchev–Trinajstić information content (AvgIpc) is 2.85. The van der Waals surface area contributed by atoms with Gasteiger partial charge in [-0.25, -0.2) is 0 Å². The van der Waals surface area contributed by atoms with E-state index in [2.05, 4.69) is 6.92 Å². The molecule has 18 heavy (non-hydrogen) atoms. The lowest BCUT2D eigenvalue weighted by atomic mass is 9.81. The van der Waals surface area contributed by atoms with Crippen LogP contribution in [0.1, 0.15) is 77.6 Å². The van der Waals surface area contributed by atoms with Gasteiger partial charge in [0, 0.05) is 6.04 Å². The second-order valence-electron chi connectivity index (χ2n) is 7.54. The van der Waals surface area contributed by atoms with Crippen molar-refractivity contribution in [2.45, 2.75) is 95.3 Å². The van der Waals surface area contributed by atoms with Gasteiger partial charge in [0.05, 0.1) is 11.7 Å². The van der Waals surface area contributed by atoms with E-state index < -0.39 is 0 Å². The smallest absolute Gasteiger partial charge is 0.0687 e. The molecule has 2 saturated carbocycles. The summed E-state index contributed by atoms with van der Waals surface area (Å²) in [6, 6.07) is 0.444. The number of rotatable bonds is 2. The average molecular weight is 251 g/mol. The van der Waals surface area contributed by atoms with Gasteiger partial charge < -0.3 is 10.5 Å². The molecular weight excluding hydrogens is 222 g/mol. The van der Waals surface area contributed by atoms with Crippen LogP contribution in [0.3, 0.4) is 0 Å². The van der Waals surface area contributed by atoms with Gasteiger partial charge in [0.15, 0.2) is 0 Å². The Morgan fingerprint density at radius 1 is 1.06 bits per heavy atom. The van der Waals surface area contributed by atoms with Gasteiger partial charge in [-0.3, -0.25) is 0 Å². The van der Waals surface area contributed by atoms with Crippen LogP contribution in [-0.4, -0.2) is 17.7 Å². The fourth-order valence-corrected chi connectivity index (χ4v) is 4.71. The van der Waals surface area contributed by atoms with Gasteiger partial charge in [-0.05, 0) is 56.8 Å². The van der Waals surface area contributed by atoms with Crippen molar-refractivity contribution in [2.24, 2.45) is 11.1 Å². The second kappa shape index (κ2) is 4.79. The largest absolute Gasteiger partial charge is 0.372 e. The van der Waals surface area contributed by atoms with Crippen LogP contribution in [0.15, 0.2) is 0 Å². The van der Waals surface area contributed by atoms with E-state index in [1.165, 1.54) is 70.6 Å². The monoisotopic (exact) mass is 251 g/mol. The van der Waals surface area contributed by atoms with E-state index in [1.807, 2.05) is 0 Å². The maximum absolute atomic E-state index is 6.51. The van der Waals surface area contributed by atoms with Crippen molar-refractivity contribution in [1.82, 2.24) is 0 Å². The first-order chi connectivity index (χ1) is 8.59. The Morgan fingerprint density at radius 2 is 1.83 bits per heavy atom. The first-order valence-corrected chi connectivity index (χ1v) is 8.03. The Labute approximate surface area is 112 Å². The summed E-state index contributed by atoms with van der Waals surface area (Å²) in [7, 11) is 0. The summed E-state index contributed by atoms with van der Waals surface area (Å²) < 4.78 is 6.51. The Balaban J connectivity index is 1.56. The fraction of sp³-hybridized carbons (Fsp3) is 1.00. The molecule has 1 aliphatic heterocycles. The number of hydrogen-bond acceptors (Lipinski definition) is 2. The molecule has 1 spiro atoms. The van der Waals surface area contributed by atoms with Gasteiger partial charge in [-0.2, -0.15) is 0 Å². The molecule has 1 saturated heterocycles. The van der Waals surface area contributed by atoms with Crippen molar-refractivity contribution in [2.75, 3.05) is 0 Å². The molecular formula is C16H29NO. The SMILES string of the molecule is CC1(CC2CCC3(CCCCC3)O2)CCC(N)C1. The van der Waals surface area contributed by atoms with Crippen LogP contribution in [-0.2, 0) is 4.74 Å². The van der Waals surface area contributed by atoms with Gasteiger partial charge in [0.1, 0.15) is 0 Å². The molecule has 3 aliphatic rings. The van der Waals surface area contributed by atoms with Crippen molar-refractivity contribution in [3.05, 3.63) is 0 Å². The third-order valence-electron chi connectivity index (χ3n) is 5.70. The van der Waals surface area contributed by atoms with Gasteiger partial charge in [0.2, 0.25) is 0 Å². The zero-order chi connectivity index (χ0) is 12.6. The molecule has 104 valence electrons. The molecule has 3 fully saturated rings. The molecule has 2 aliphatic carbocycles. The zero-order valence-electron chi connectivity index (χ0n) is 11.9. The predicted molar refractivity (Wildman–Crippen MR) is 74.5 cm³/mol. The highest BCUT2D eigenvalue weighted by Crippen LogP contribution is 2.48. The molecule has 0 bridgehead atoms. The van der Waals surface area contributed by atoms with Crippen LogP contribution in [0.5, 0.6) is 0 Å². The highest BCUT2D eigenvalue weighted by molar-refractivity contribution is 4.95. The molecule has 3 unspecified atom stereocenters. The van der Waals surface area contributed by atoms with Gasteiger partial charge in [0.25, 0.3) is 0 Å². The molecule has 3 rings (SSSR count). The Hall–Kier alpha value is -0.0800. The van der Waals surface area contributed by atoms with Crippen molar-refractivity contribution in [3.63, 3.8) is 0 Å². The maximum Gasteiger partial charge on any atom is 0.0687 e. The number of ether oxygens (including phenoxy) is 1. The van der Waals surface area contributed by atoms with Crippen molar-refractivity contribution in [3.8, 4) is 0 Å². The van der Waals surface area contributed by atoms with Crippen LogP contribution in [0, 0.1) is 5.41 Å². The number of nitrogens with two attached hydrogens (primary N) is 1. The van der Waals surface area contributed by atoms with E-state index in [4.69, 9.17) is 10.5 Å². The van der Waals surface area contributed by atoms with Crippen LogP contribution in [0.25, 0.3) is 0 Å². The minimum atomic E-state index is 0.292. The standard InChI is InChI=1S/C16H29NO/c1-15(9-5-13(17)11-15)12-14-6-10-16(18-14)7-3-2-4-8-16/h13-14H,2-12,17H2,1H3. The second-order valence-corrected chi connectivity index (χ2v) is 7.54. The quantitative estimate of drug-likeness (QED) is 0.810. The summed E-state index contributed by atoms with van der Waals surface area (Å²) in [6.45, 7) is 2.43. The fourth-order valence-electron chi connectivity index (χ4n) is 4.71. The van der Waals surface area contributed by atoms with Crippen molar-refractivity contribution in [1.29, 1.82) is 0 Å². The van der Waals surface area contributed by atoms with E-state index >= 15 is 0 Å². The van der Waals surface area contributed by atoms with E-state index in [0.29, 0.717) is 23.2 Å². The third kappa shape index (κ3) is 2.60. The Bertz CT molecular complexity index is 297. The molecule has 0 aromatic heterocycles. The summed E-state index contributed by atoms with van der Waals surface area (Å²) in [5.74, 6) is 0. The summed E-state index contributed by atoms with van der Waals surface area (Å²) in [6.07, 6.45) is 15.0.